The lowest BCUT2D eigenvalue weighted by Crippen LogP contribution is -2.23. The van der Waals surface area contributed by atoms with Gasteiger partial charge in [0.05, 0.1) is 18.2 Å². The van der Waals surface area contributed by atoms with Gasteiger partial charge >= 0.3 is 0 Å². The van der Waals surface area contributed by atoms with E-state index in [-0.39, 0.29) is 5.56 Å². The number of imidazole rings is 1. The van der Waals surface area contributed by atoms with Crippen LogP contribution in [-0.4, -0.2) is 27.5 Å². The predicted molar refractivity (Wildman–Crippen MR) is 116 cm³/mol. The van der Waals surface area contributed by atoms with Gasteiger partial charge in [-0.2, -0.15) is 0 Å². The number of hydrogen-bond acceptors (Lipinski definition) is 4. The quantitative estimate of drug-likeness (QED) is 0.536. The zero-order chi connectivity index (χ0) is 19.8. The second kappa shape index (κ2) is 7.28. The van der Waals surface area contributed by atoms with Gasteiger partial charge in [0.2, 0.25) is 0 Å². The Balaban J connectivity index is 1.66. The van der Waals surface area contributed by atoms with Crippen LogP contribution in [0.5, 0.6) is 5.75 Å². The maximum Gasteiger partial charge on any atom is 0.258 e. The monoisotopic (exact) mass is 388 g/mol. The fourth-order valence-electron chi connectivity index (χ4n) is 4.24. The number of H-pyrrole nitrogens is 1. The number of anilines is 1. The summed E-state index contributed by atoms with van der Waals surface area (Å²) in [6.07, 6.45) is 8.06. The van der Waals surface area contributed by atoms with Crippen LogP contribution in [0.3, 0.4) is 0 Å². The summed E-state index contributed by atoms with van der Waals surface area (Å²) in [5.41, 5.74) is 2.70. The Kier molecular flexibility index (Phi) is 4.46. The van der Waals surface area contributed by atoms with Gasteiger partial charge in [0.25, 0.3) is 5.56 Å². The van der Waals surface area contributed by atoms with E-state index in [0.717, 1.165) is 35.2 Å². The molecule has 5 rings (SSSR count). The number of methoxy groups -OCH3 is 1. The van der Waals surface area contributed by atoms with Gasteiger partial charge in [0.15, 0.2) is 0 Å². The third kappa shape index (κ3) is 3.24. The maximum atomic E-state index is 13.0. The van der Waals surface area contributed by atoms with Crippen molar-refractivity contribution in [2.75, 3.05) is 12.4 Å². The van der Waals surface area contributed by atoms with Gasteiger partial charge in [-0.15, -0.1) is 0 Å². The molecule has 0 bridgehead atoms. The van der Waals surface area contributed by atoms with Gasteiger partial charge in [-0.1, -0.05) is 25.3 Å². The molecule has 1 aromatic carbocycles. The van der Waals surface area contributed by atoms with E-state index in [0.29, 0.717) is 23.0 Å². The van der Waals surface area contributed by atoms with E-state index in [1.165, 1.54) is 19.3 Å². The van der Waals surface area contributed by atoms with Gasteiger partial charge in [-0.05, 0) is 48.6 Å². The average Bonchev–Trinajstić information content (AvgIpc) is 3.11. The minimum absolute atomic E-state index is 0.152. The lowest BCUT2D eigenvalue weighted by Gasteiger charge is -2.24. The molecule has 3 aromatic heterocycles. The number of aromatic amines is 1. The molecule has 6 nitrogen and oxygen atoms in total. The Morgan fingerprint density at radius 3 is 2.83 bits per heavy atom. The smallest absolute Gasteiger partial charge is 0.258 e. The molecular weight excluding hydrogens is 364 g/mol. The summed E-state index contributed by atoms with van der Waals surface area (Å²) in [7, 11) is 1.62. The fraction of sp³-hybridized carbons (Fsp3) is 0.304. The molecular formula is C23H24N4O2. The van der Waals surface area contributed by atoms with Crippen molar-refractivity contribution in [1.29, 1.82) is 0 Å². The number of hydrogen-bond donors (Lipinski definition) is 2. The molecule has 0 spiro atoms. The molecule has 6 heteroatoms. The van der Waals surface area contributed by atoms with Crippen molar-refractivity contribution in [2.24, 2.45) is 0 Å². The standard InChI is InChI=1S/C23H24N4O2/c1-29-17-11-10-15-13-18(23(28)25-19(15)14-17)21-22(24-16-7-3-2-4-8-16)27-12-6-5-9-20(27)26-21/h5-6,9-14,16,24H,2-4,7-8H2,1H3,(H,25,28). The molecule has 1 aliphatic carbocycles. The van der Waals surface area contributed by atoms with Gasteiger partial charge in [-0.25, -0.2) is 4.98 Å². The van der Waals surface area contributed by atoms with E-state index in [2.05, 4.69) is 10.3 Å². The van der Waals surface area contributed by atoms with Crippen LogP contribution in [0.2, 0.25) is 0 Å². The summed E-state index contributed by atoms with van der Waals surface area (Å²) in [4.78, 5) is 20.8. The largest absolute Gasteiger partial charge is 0.497 e. The molecule has 0 amide bonds. The van der Waals surface area contributed by atoms with Crippen LogP contribution in [0.4, 0.5) is 5.82 Å². The van der Waals surface area contributed by atoms with Crippen molar-refractivity contribution >= 4 is 22.4 Å². The number of pyridine rings is 2. The Labute approximate surface area is 168 Å². The van der Waals surface area contributed by atoms with Crippen molar-refractivity contribution in [3.05, 3.63) is 59.0 Å². The summed E-state index contributed by atoms with van der Waals surface area (Å²) in [6.45, 7) is 0. The zero-order valence-corrected chi connectivity index (χ0v) is 16.4. The molecule has 0 unspecified atom stereocenters. The van der Waals surface area contributed by atoms with Crippen LogP contribution in [0.25, 0.3) is 27.8 Å². The summed E-state index contributed by atoms with van der Waals surface area (Å²) in [5.74, 6) is 1.61. The number of benzene rings is 1. The van der Waals surface area contributed by atoms with Crippen LogP contribution >= 0.6 is 0 Å². The molecule has 3 heterocycles. The molecule has 0 radical (unpaired) electrons. The van der Waals surface area contributed by atoms with Crippen molar-refractivity contribution in [1.82, 2.24) is 14.4 Å². The summed E-state index contributed by atoms with van der Waals surface area (Å²) in [6, 6.07) is 13.9. The van der Waals surface area contributed by atoms with Gasteiger partial charge in [0, 0.05) is 18.3 Å². The highest BCUT2D eigenvalue weighted by molar-refractivity contribution is 5.86. The number of nitrogens with zero attached hydrogens (tertiary/aromatic N) is 2. The molecule has 1 aliphatic rings. The minimum Gasteiger partial charge on any atom is -0.497 e. The molecule has 0 saturated heterocycles. The fourth-order valence-corrected chi connectivity index (χ4v) is 4.24. The number of nitrogens with one attached hydrogen (secondary N) is 2. The molecule has 148 valence electrons. The number of aromatic nitrogens is 3. The lowest BCUT2D eigenvalue weighted by molar-refractivity contribution is 0.415. The molecule has 0 atom stereocenters. The van der Waals surface area contributed by atoms with E-state index < -0.39 is 0 Å². The van der Waals surface area contributed by atoms with Gasteiger partial charge < -0.3 is 15.0 Å². The van der Waals surface area contributed by atoms with Crippen molar-refractivity contribution in [2.45, 2.75) is 38.1 Å². The predicted octanol–water partition coefficient (Wildman–Crippen LogP) is 4.60. The van der Waals surface area contributed by atoms with Crippen LogP contribution in [0, 0.1) is 0 Å². The molecule has 2 N–H and O–H groups in total. The van der Waals surface area contributed by atoms with Crippen molar-refractivity contribution in [3.8, 4) is 17.0 Å². The molecule has 1 fully saturated rings. The first kappa shape index (κ1) is 17.8. The highest BCUT2D eigenvalue weighted by Gasteiger charge is 2.21. The van der Waals surface area contributed by atoms with E-state index in [9.17, 15) is 4.79 Å². The molecule has 29 heavy (non-hydrogen) atoms. The highest BCUT2D eigenvalue weighted by atomic mass is 16.5. The molecule has 4 aromatic rings. The third-order valence-corrected chi connectivity index (χ3v) is 5.78. The van der Waals surface area contributed by atoms with Gasteiger partial charge in [0.1, 0.15) is 22.9 Å². The summed E-state index contributed by atoms with van der Waals surface area (Å²) < 4.78 is 7.32. The van der Waals surface area contributed by atoms with E-state index >= 15 is 0 Å². The topological polar surface area (TPSA) is 71.4 Å². The first-order chi connectivity index (χ1) is 14.2. The molecule has 0 aliphatic heterocycles. The first-order valence-corrected chi connectivity index (χ1v) is 10.2. The lowest BCUT2D eigenvalue weighted by atomic mass is 9.95. The summed E-state index contributed by atoms with van der Waals surface area (Å²) >= 11 is 0. The minimum atomic E-state index is -0.152. The second-order valence-electron chi connectivity index (χ2n) is 7.68. The molecule has 1 saturated carbocycles. The Hall–Kier alpha value is -3.28. The number of ether oxygens (including phenoxy) is 1. The van der Waals surface area contributed by atoms with Crippen LogP contribution in [0.1, 0.15) is 32.1 Å². The Morgan fingerprint density at radius 2 is 2.00 bits per heavy atom. The normalized spacial score (nSPS) is 15.1. The van der Waals surface area contributed by atoms with Gasteiger partial charge in [-0.3, -0.25) is 9.20 Å². The van der Waals surface area contributed by atoms with Crippen LogP contribution in [-0.2, 0) is 0 Å². The van der Waals surface area contributed by atoms with Crippen LogP contribution < -0.4 is 15.6 Å². The Bertz CT molecular complexity index is 1230. The second-order valence-corrected chi connectivity index (χ2v) is 7.68. The SMILES string of the molecule is COc1ccc2cc(-c3nc4ccccn4c3NC3CCCCC3)c(=O)[nH]c2c1. The highest BCUT2D eigenvalue weighted by Crippen LogP contribution is 2.31. The third-order valence-electron chi connectivity index (χ3n) is 5.78. The number of rotatable bonds is 4. The Morgan fingerprint density at radius 1 is 1.14 bits per heavy atom. The van der Waals surface area contributed by atoms with Crippen molar-refractivity contribution < 1.29 is 4.74 Å². The van der Waals surface area contributed by atoms with E-state index in [1.54, 1.807) is 7.11 Å². The number of fused-ring (bicyclic) bond motifs is 2. The summed E-state index contributed by atoms with van der Waals surface area (Å²) in [5, 5.41) is 4.64. The zero-order valence-electron chi connectivity index (χ0n) is 16.4. The van der Waals surface area contributed by atoms with E-state index in [4.69, 9.17) is 9.72 Å². The maximum absolute atomic E-state index is 13.0. The van der Waals surface area contributed by atoms with E-state index in [1.807, 2.05) is 53.1 Å². The van der Waals surface area contributed by atoms with Crippen LogP contribution in [0.15, 0.2) is 53.5 Å². The van der Waals surface area contributed by atoms with Crippen molar-refractivity contribution in [3.63, 3.8) is 0 Å². The first-order valence-electron chi connectivity index (χ1n) is 10.2. The average molecular weight is 388 g/mol.